The minimum Gasteiger partial charge on any atom is -0.316 e. The van der Waals surface area contributed by atoms with Crippen molar-refractivity contribution in [2.75, 3.05) is 26.2 Å². The number of hydrogen-bond donors (Lipinski definition) is 2. The molecule has 0 radical (unpaired) electrons. The zero-order valence-electron chi connectivity index (χ0n) is 6.40. The van der Waals surface area contributed by atoms with Crippen LogP contribution in [0.2, 0.25) is 0 Å². The summed E-state index contributed by atoms with van der Waals surface area (Å²) in [6, 6.07) is 0. The summed E-state index contributed by atoms with van der Waals surface area (Å²) in [5.41, 5.74) is 0. The SMILES string of the molecule is C1C[C@H]2CNCC[C@H]2CN1. The van der Waals surface area contributed by atoms with E-state index in [1.807, 2.05) is 0 Å². The Kier molecular flexibility index (Phi) is 1.91. The molecule has 2 heteroatoms. The molecule has 0 saturated carbocycles. The van der Waals surface area contributed by atoms with Crippen LogP contribution in [0.4, 0.5) is 0 Å². The summed E-state index contributed by atoms with van der Waals surface area (Å²) in [5.74, 6) is 1.96. The standard InChI is InChI=1S/C8H16N2/c1-3-9-6-8-2-4-10-5-7(1)8/h7-10H,1-6H2/t7-,8-/m0/s1. The Balaban J connectivity index is 1.93. The van der Waals surface area contributed by atoms with Gasteiger partial charge in [-0.1, -0.05) is 0 Å². The van der Waals surface area contributed by atoms with Gasteiger partial charge in [0, 0.05) is 0 Å². The molecule has 0 bridgehead atoms. The van der Waals surface area contributed by atoms with E-state index in [-0.39, 0.29) is 0 Å². The highest BCUT2D eigenvalue weighted by atomic mass is 14.9. The Labute approximate surface area is 62.4 Å². The first-order chi connectivity index (χ1) is 4.97. The van der Waals surface area contributed by atoms with E-state index in [1.165, 1.54) is 39.0 Å². The molecule has 0 spiro atoms. The average Bonchev–Trinajstić information content (AvgIpc) is 2.05. The largest absolute Gasteiger partial charge is 0.316 e. The van der Waals surface area contributed by atoms with Crippen LogP contribution in [0.1, 0.15) is 12.8 Å². The number of nitrogens with one attached hydrogen (secondary N) is 2. The first kappa shape index (κ1) is 6.62. The van der Waals surface area contributed by atoms with Crippen LogP contribution < -0.4 is 10.6 Å². The van der Waals surface area contributed by atoms with Gasteiger partial charge in [-0.25, -0.2) is 0 Å². The Morgan fingerprint density at radius 1 is 0.800 bits per heavy atom. The number of piperidine rings is 2. The molecule has 2 aliphatic heterocycles. The molecule has 2 N–H and O–H groups in total. The molecule has 2 saturated heterocycles. The fraction of sp³-hybridized carbons (Fsp3) is 1.00. The normalized spacial score (nSPS) is 40.8. The van der Waals surface area contributed by atoms with E-state index in [0.29, 0.717) is 0 Å². The lowest BCUT2D eigenvalue weighted by Gasteiger charge is -2.36. The summed E-state index contributed by atoms with van der Waals surface area (Å²) >= 11 is 0. The van der Waals surface area contributed by atoms with Crippen LogP contribution >= 0.6 is 0 Å². The van der Waals surface area contributed by atoms with Crippen LogP contribution in [-0.2, 0) is 0 Å². The third-order valence-electron chi connectivity index (χ3n) is 2.86. The summed E-state index contributed by atoms with van der Waals surface area (Å²) in [6.45, 7) is 5.02. The molecule has 2 fully saturated rings. The summed E-state index contributed by atoms with van der Waals surface area (Å²) < 4.78 is 0. The van der Waals surface area contributed by atoms with Gasteiger partial charge in [0.1, 0.15) is 0 Å². The van der Waals surface area contributed by atoms with Crippen LogP contribution in [0.3, 0.4) is 0 Å². The Morgan fingerprint density at radius 3 is 1.80 bits per heavy atom. The van der Waals surface area contributed by atoms with Gasteiger partial charge in [0.2, 0.25) is 0 Å². The predicted octanol–water partition coefficient (Wildman–Crippen LogP) is 0.205. The second-order valence-electron chi connectivity index (χ2n) is 3.51. The van der Waals surface area contributed by atoms with Crippen molar-refractivity contribution in [1.29, 1.82) is 0 Å². The first-order valence-corrected chi connectivity index (χ1v) is 4.38. The summed E-state index contributed by atoms with van der Waals surface area (Å²) in [5, 5.41) is 6.91. The molecule has 2 nitrogen and oxygen atoms in total. The van der Waals surface area contributed by atoms with Gasteiger partial charge in [-0.05, 0) is 50.9 Å². The lowest BCUT2D eigenvalue weighted by molar-refractivity contribution is 0.200. The molecule has 0 aromatic rings. The van der Waals surface area contributed by atoms with Gasteiger partial charge in [0.25, 0.3) is 0 Å². The van der Waals surface area contributed by atoms with Crippen molar-refractivity contribution >= 4 is 0 Å². The van der Waals surface area contributed by atoms with Gasteiger partial charge in [0.05, 0.1) is 0 Å². The van der Waals surface area contributed by atoms with E-state index in [0.717, 1.165) is 11.8 Å². The van der Waals surface area contributed by atoms with E-state index < -0.39 is 0 Å². The molecular weight excluding hydrogens is 124 g/mol. The summed E-state index contributed by atoms with van der Waals surface area (Å²) in [6.07, 6.45) is 2.77. The fourth-order valence-corrected chi connectivity index (χ4v) is 2.16. The van der Waals surface area contributed by atoms with Crippen molar-refractivity contribution in [3.05, 3.63) is 0 Å². The van der Waals surface area contributed by atoms with E-state index >= 15 is 0 Å². The molecule has 0 aromatic heterocycles. The quantitative estimate of drug-likeness (QED) is 0.502. The zero-order chi connectivity index (χ0) is 6.81. The number of hydrogen-bond acceptors (Lipinski definition) is 2. The van der Waals surface area contributed by atoms with Crippen molar-refractivity contribution < 1.29 is 0 Å². The van der Waals surface area contributed by atoms with Crippen molar-refractivity contribution in [2.45, 2.75) is 12.8 Å². The van der Waals surface area contributed by atoms with Crippen molar-refractivity contribution in [2.24, 2.45) is 11.8 Å². The molecule has 0 unspecified atom stereocenters. The Morgan fingerprint density at radius 2 is 1.30 bits per heavy atom. The summed E-state index contributed by atoms with van der Waals surface area (Å²) in [7, 11) is 0. The lowest BCUT2D eigenvalue weighted by atomic mass is 9.82. The van der Waals surface area contributed by atoms with Crippen molar-refractivity contribution in [3.63, 3.8) is 0 Å². The maximum absolute atomic E-state index is 3.46. The van der Waals surface area contributed by atoms with E-state index in [4.69, 9.17) is 0 Å². The van der Waals surface area contributed by atoms with Crippen molar-refractivity contribution in [1.82, 2.24) is 10.6 Å². The third-order valence-corrected chi connectivity index (χ3v) is 2.86. The smallest absolute Gasteiger partial charge is 0.00169 e. The molecule has 2 heterocycles. The average molecular weight is 140 g/mol. The predicted molar refractivity (Wildman–Crippen MR) is 42.0 cm³/mol. The van der Waals surface area contributed by atoms with Gasteiger partial charge in [0.15, 0.2) is 0 Å². The second-order valence-corrected chi connectivity index (χ2v) is 3.51. The minimum absolute atomic E-state index is 0.981. The molecular formula is C8H16N2. The van der Waals surface area contributed by atoms with Crippen LogP contribution in [0.15, 0.2) is 0 Å². The highest BCUT2D eigenvalue weighted by molar-refractivity contribution is 4.83. The van der Waals surface area contributed by atoms with Crippen LogP contribution in [0.25, 0.3) is 0 Å². The number of rotatable bonds is 0. The maximum Gasteiger partial charge on any atom is -0.00169 e. The minimum atomic E-state index is 0.981. The molecule has 2 aliphatic rings. The van der Waals surface area contributed by atoms with E-state index in [1.54, 1.807) is 0 Å². The molecule has 10 heavy (non-hydrogen) atoms. The molecule has 0 amide bonds. The first-order valence-electron chi connectivity index (χ1n) is 4.38. The lowest BCUT2D eigenvalue weighted by Crippen LogP contribution is -2.46. The zero-order valence-corrected chi connectivity index (χ0v) is 6.40. The second kappa shape index (κ2) is 2.89. The highest BCUT2D eigenvalue weighted by Crippen LogP contribution is 2.23. The molecule has 0 aromatic carbocycles. The molecule has 0 aliphatic carbocycles. The van der Waals surface area contributed by atoms with E-state index in [9.17, 15) is 0 Å². The molecule has 2 atom stereocenters. The van der Waals surface area contributed by atoms with Gasteiger partial charge >= 0.3 is 0 Å². The van der Waals surface area contributed by atoms with E-state index in [2.05, 4.69) is 10.6 Å². The Bertz CT molecular complexity index is 87.8. The van der Waals surface area contributed by atoms with Crippen LogP contribution in [0, 0.1) is 11.8 Å². The summed E-state index contributed by atoms with van der Waals surface area (Å²) in [4.78, 5) is 0. The highest BCUT2D eigenvalue weighted by Gasteiger charge is 2.26. The van der Waals surface area contributed by atoms with Gasteiger partial charge in [-0.2, -0.15) is 0 Å². The van der Waals surface area contributed by atoms with Crippen LogP contribution in [0.5, 0.6) is 0 Å². The van der Waals surface area contributed by atoms with Gasteiger partial charge < -0.3 is 10.6 Å². The monoisotopic (exact) mass is 140 g/mol. The molecule has 2 rings (SSSR count). The Hall–Kier alpha value is -0.0800. The maximum atomic E-state index is 3.46. The fourth-order valence-electron chi connectivity index (χ4n) is 2.16. The number of fused-ring (bicyclic) bond motifs is 1. The topological polar surface area (TPSA) is 24.1 Å². The van der Waals surface area contributed by atoms with Crippen LogP contribution in [-0.4, -0.2) is 26.2 Å². The molecule has 58 valence electrons. The van der Waals surface area contributed by atoms with Gasteiger partial charge in [-0.15, -0.1) is 0 Å². The third kappa shape index (κ3) is 1.18. The van der Waals surface area contributed by atoms with Crippen molar-refractivity contribution in [3.8, 4) is 0 Å². The van der Waals surface area contributed by atoms with Gasteiger partial charge in [-0.3, -0.25) is 0 Å².